The Morgan fingerprint density at radius 2 is 1.95 bits per heavy atom. The lowest BCUT2D eigenvalue weighted by molar-refractivity contribution is -0.133. The van der Waals surface area contributed by atoms with Crippen LogP contribution in [0.5, 0.6) is 0 Å². The second kappa shape index (κ2) is 6.45. The van der Waals surface area contributed by atoms with Crippen molar-refractivity contribution >= 4 is 18.3 Å². The van der Waals surface area contributed by atoms with E-state index in [0.29, 0.717) is 35.1 Å². The Bertz CT molecular complexity index is 385. The number of rotatable bonds is 2. The molecule has 0 spiro atoms. The van der Waals surface area contributed by atoms with E-state index in [0.717, 1.165) is 25.9 Å². The van der Waals surface area contributed by atoms with Crippen LogP contribution >= 0.6 is 12.4 Å². The SMILES string of the molecule is CC1(C)CCCCC1CC(=O)N1CC2CCC(N)C2C1.Cl. The van der Waals surface area contributed by atoms with Crippen molar-refractivity contribution in [2.75, 3.05) is 13.1 Å². The zero-order chi connectivity index (χ0) is 14.3. The van der Waals surface area contributed by atoms with Gasteiger partial charge in [-0.3, -0.25) is 4.79 Å². The Labute approximate surface area is 135 Å². The molecule has 3 nitrogen and oxygen atoms in total. The fourth-order valence-electron chi connectivity index (χ4n) is 4.80. The van der Waals surface area contributed by atoms with Crippen LogP contribution < -0.4 is 5.73 Å². The third-order valence-corrected chi connectivity index (χ3v) is 6.41. The second-order valence-corrected chi connectivity index (χ2v) is 8.10. The monoisotopic (exact) mass is 314 g/mol. The van der Waals surface area contributed by atoms with Crippen molar-refractivity contribution in [3.63, 3.8) is 0 Å². The minimum absolute atomic E-state index is 0. The Kier molecular flexibility index (Phi) is 5.25. The van der Waals surface area contributed by atoms with Crippen molar-refractivity contribution in [3.8, 4) is 0 Å². The summed E-state index contributed by atoms with van der Waals surface area (Å²) < 4.78 is 0. The topological polar surface area (TPSA) is 46.3 Å². The lowest BCUT2D eigenvalue weighted by atomic mass is 9.67. The first-order valence-corrected chi connectivity index (χ1v) is 8.51. The Morgan fingerprint density at radius 1 is 1.19 bits per heavy atom. The van der Waals surface area contributed by atoms with Gasteiger partial charge in [-0.25, -0.2) is 0 Å². The molecule has 2 saturated carbocycles. The molecule has 3 aliphatic rings. The summed E-state index contributed by atoms with van der Waals surface area (Å²) in [5.41, 5.74) is 6.52. The molecule has 3 fully saturated rings. The van der Waals surface area contributed by atoms with E-state index in [1.807, 2.05) is 0 Å². The van der Waals surface area contributed by atoms with E-state index in [9.17, 15) is 4.79 Å². The zero-order valence-electron chi connectivity index (χ0n) is 13.5. The van der Waals surface area contributed by atoms with Gasteiger partial charge in [0.1, 0.15) is 0 Å². The van der Waals surface area contributed by atoms with E-state index in [1.165, 1.54) is 32.1 Å². The largest absolute Gasteiger partial charge is 0.342 e. The first-order chi connectivity index (χ1) is 9.47. The fraction of sp³-hybridized carbons (Fsp3) is 0.941. The van der Waals surface area contributed by atoms with Crippen molar-refractivity contribution in [1.29, 1.82) is 0 Å². The molecule has 0 aromatic carbocycles. The summed E-state index contributed by atoms with van der Waals surface area (Å²) in [6, 6.07) is 0.337. The van der Waals surface area contributed by atoms with Crippen LogP contribution in [0.1, 0.15) is 58.8 Å². The number of amides is 1. The number of fused-ring (bicyclic) bond motifs is 1. The lowest BCUT2D eigenvalue weighted by Crippen LogP contribution is -2.37. The van der Waals surface area contributed by atoms with Gasteiger partial charge in [0.15, 0.2) is 0 Å². The maximum Gasteiger partial charge on any atom is 0.222 e. The van der Waals surface area contributed by atoms with Crippen LogP contribution in [0.25, 0.3) is 0 Å². The first kappa shape index (κ1) is 17.1. The highest BCUT2D eigenvalue weighted by atomic mass is 35.5. The average molecular weight is 315 g/mol. The summed E-state index contributed by atoms with van der Waals surface area (Å²) in [5.74, 6) is 2.25. The molecular weight excluding hydrogens is 284 g/mol. The molecule has 1 heterocycles. The molecule has 1 amide bonds. The molecule has 4 unspecified atom stereocenters. The quantitative estimate of drug-likeness (QED) is 0.850. The third-order valence-electron chi connectivity index (χ3n) is 6.41. The summed E-state index contributed by atoms with van der Waals surface area (Å²) in [7, 11) is 0. The highest BCUT2D eigenvalue weighted by Gasteiger charge is 2.43. The molecule has 3 rings (SSSR count). The van der Waals surface area contributed by atoms with Gasteiger partial charge in [-0.05, 0) is 48.9 Å². The van der Waals surface area contributed by atoms with E-state index >= 15 is 0 Å². The van der Waals surface area contributed by atoms with Crippen LogP contribution in [-0.2, 0) is 4.79 Å². The predicted molar refractivity (Wildman–Crippen MR) is 88.4 cm³/mol. The molecular formula is C17H31ClN2O. The Hall–Kier alpha value is -0.280. The van der Waals surface area contributed by atoms with E-state index in [-0.39, 0.29) is 12.4 Å². The van der Waals surface area contributed by atoms with Gasteiger partial charge in [0.25, 0.3) is 0 Å². The predicted octanol–water partition coefficient (Wildman–Crippen LogP) is 3.21. The number of carbonyl (C=O) groups excluding carboxylic acids is 1. The Morgan fingerprint density at radius 3 is 2.62 bits per heavy atom. The summed E-state index contributed by atoms with van der Waals surface area (Å²) in [5, 5.41) is 0. The minimum Gasteiger partial charge on any atom is -0.342 e. The number of hydrogen-bond donors (Lipinski definition) is 1. The van der Waals surface area contributed by atoms with Crippen LogP contribution in [0.3, 0.4) is 0 Å². The van der Waals surface area contributed by atoms with Crippen LogP contribution in [0.4, 0.5) is 0 Å². The molecule has 122 valence electrons. The van der Waals surface area contributed by atoms with Gasteiger partial charge >= 0.3 is 0 Å². The van der Waals surface area contributed by atoms with Gasteiger partial charge in [0.05, 0.1) is 0 Å². The van der Waals surface area contributed by atoms with Crippen LogP contribution in [0.2, 0.25) is 0 Å². The third kappa shape index (κ3) is 3.39. The zero-order valence-corrected chi connectivity index (χ0v) is 14.3. The smallest absolute Gasteiger partial charge is 0.222 e. The van der Waals surface area contributed by atoms with Crippen molar-refractivity contribution in [2.45, 2.75) is 64.8 Å². The van der Waals surface area contributed by atoms with E-state index in [1.54, 1.807) is 0 Å². The van der Waals surface area contributed by atoms with Gasteiger partial charge in [-0.15, -0.1) is 12.4 Å². The van der Waals surface area contributed by atoms with Gasteiger partial charge in [-0.1, -0.05) is 26.7 Å². The molecule has 1 aliphatic heterocycles. The summed E-state index contributed by atoms with van der Waals surface area (Å²) in [6.07, 6.45) is 8.30. The average Bonchev–Trinajstić information content (AvgIpc) is 2.95. The Balaban J connectivity index is 0.00000161. The van der Waals surface area contributed by atoms with Crippen LogP contribution in [0.15, 0.2) is 0 Å². The van der Waals surface area contributed by atoms with Crippen molar-refractivity contribution in [1.82, 2.24) is 4.90 Å². The maximum absolute atomic E-state index is 12.6. The van der Waals surface area contributed by atoms with Crippen molar-refractivity contribution in [3.05, 3.63) is 0 Å². The second-order valence-electron chi connectivity index (χ2n) is 8.10. The summed E-state index contributed by atoms with van der Waals surface area (Å²) in [4.78, 5) is 14.7. The number of nitrogens with zero attached hydrogens (tertiary/aromatic N) is 1. The number of halogens is 1. The van der Waals surface area contributed by atoms with Gasteiger partial charge in [-0.2, -0.15) is 0 Å². The molecule has 1 saturated heterocycles. The van der Waals surface area contributed by atoms with Crippen LogP contribution in [0, 0.1) is 23.2 Å². The van der Waals surface area contributed by atoms with Crippen molar-refractivity contribution < 1.29 is 4.79 Å². The van der Waals surface area contributed by atoms with Crippen molar-refractivity contribution in [2.24, 2.45) is 28.9 Å². The molecule has 4 heteroatoms. The van der Waals surface area contributed by atoms with E-state index in [2.05, 4.69) is 18.7 Å². The van der Waals surface area contributed by atoms with Crippen LogP contribution in [-0.4, -0.2) is 29.9 Å². The molecule has 21 heavy (non-hydrogen) atoms. The maximum atomic E-state index is 12.6. The number of hydrogen-bond acceptors (Lipinski definition) is 2. The first-order valence-electron chi connectivity index (χ1n) is 8.51. The molecule has 4 atom stereocenters. The highest BCUT2D eigenvalue weighted by Crippen LogP contribution is 2.43. The van der Waals surface area contributed by atoms with Gasteiger partial charge in [0.2, 0.25) is 5.91 Å². The molecule has 0 radical (unpaired) electrons. The molecule has 0 bridgehead atoms. The molecule has 0 aromatic rings. The summed E-state index contributed by atoms with van der Waals surface area (Å²) >= 11 is 0. The van der Waals surface area contributed by atoms with Gasteiger partial charge in [0, 0.05) is 25.6 Å². The summed E-state index contributed by atoms with van der Waals surface area (Å²) in [6.45, 7) is 6.60. The molecule has 2 N–H and O–H groups in total. The highest BCUT2D eigenvalue weighted by molar-refractivity contribution is 5.85. The normalized spacial score (nSPS) is 38.0. The fourth-order valence-corrected chi connectivity index (χ4v) is 4.80. The number of nitrogens with two attached hydrogens (primary N) is 1. The van der Waals surface area contributed by atoms with E-state index < -0.39 is 0 Å². The molecule has 0 aromatic heterocycles. The standard InChI is InChI=1S/C17H30N2O.ClH/c1-17(2)8-4-3-5-13(17)9-16(20)19-10-12-6-7-15(18)14(12)11-19;/h12-15H,3-11,18H2,1-2H3;1H. The lowest BCUT2D eigenvalue weighted by Gasteiger charge is -2.39. The van der Waals surface area contributed by atoms with E-state index in [4.69, 9.17) is 5.73 Å². The van der Waals surface area contributed by atoms with Gasteiger partial charge < -0.3 is 10.6 Å². The minimum atomic E-state index is 0. The number of likely N-dealkylation sites (tertiary alicyclic amines) is 1. The number of carbonyl (C=O) groups is 1. The molecule has 2 aliphatic carbocycles.